The Morgan fingerprint density at radius 2 is 2.27 bits per heavy atom. The Balaban J connectivity index is 2.29. The normalized spacial score (nSPS) is 23.5. The largest absolute Gasteiger partial charge is 0.476 e. The van der Waals surface area contributed by atoms with Gasteiger partial charge in [-0.15, -0.1) is 0 Å². The van der Waals surface area contributed by atoms with Gasteiger partial charge in [-0.3, -0.25) is 4.79 Å². The predicted octanol–water partition coefficient (Wildman–Crippen LogP) is 0.0667. The Kier molecular flexibility index (Phi) is 2.59. The highest BCUT2D eigenvalue weighted by atomic mass is 16.5. The summed E-state index contributed by atoms with van der Waals surface area (Å²) in [5.41, 5.74) is 0. The molecule has 0 radical (unpaired) electrons. The van der Waals surface area contributed by atoms with Crippen LogP contribution in [0.3, 0.4) is 0 Å². The molecule has 4 heteroatoms. The van der Waals surface area contributed by atoms with Crippen LogP contribution < -0.4 is 0 Å². The second-order valence-corrected chi connectivity index (χ2v) is 2.66. The maximum atomic E-state index is 10.6. The second-order valence-electron chi connectivity index (χ2n) is 2.66. The highest BCUT2D eigenvalue weighted by Crippen LogP contribution is 2.16. The first-order chi connectivity index (χ1) is 5.20. The van der Waals surface area contributed by atoms with E-state index >= 15 is 0 Å². The molecule has 0 bridgehead atoms. The maximum absolute atomic E-state index is 10.6. The van der Waals surface area contributed by atoms with Crippen molar-refractivity contribution in [3.63, 3.8) is 0 Å². The minimum absolute atomic E-state index is 0.120. The molecule has 0 aliphatic carbocycles. The first-order valence-electron chi connectivity index (χ1n) is 3.54. The molecule has 0 saturated carbocycles. The predicted molar refractivity (Wildman–Crippen MR) is 36.2 cm³/mol. The topological polar surface area (TPSA) is 63.6 Å². The summed E-state index contributed by atoms with van der Waals surface area (Å²) < 4.78 is 4.99. The molecule has 0 amide bonds. The summed E-state index contributed by atoms with van der Waals surface area (Å²) in [6, 6.07) is 0. The van der Waals surface area contributed by atoms with Gasteiger partial charge in [-0.05, 0) is 12.3 Å². The van der Waals surface area contributed by atoms with Crippen LogP contribution in [0.1, 0.15) is 12.8 Å². The van der Waals surface area contributed by atoms with Crippen molar-refractivity contribution in [2.45, 2.75) is 12.8 Å². The third-order valence-electron chi connectivity index (χ3n) is 1.74. The third-order valence-corrected chi connectivity index (χ3v) is 1.74. The minimum Gasteiger partial charge on any atom is -0.476 e. The van der Waals surface area contributed by atoms with Crippen molar-refractivity contribution >= 4 is 11.8 Å². The number of aliphatic carboxylic acids is 1. The van der Waals surface area contributed by atoms with E-state index in [4.69, 9.17) is 9.84 Å². The van der Waals surface area contributed by atoms with Crippen LogP contribution in [0.5, 0.6) is 0 Å². The van der Waals surface area contributed by atoms with Crippen LogP contribution in [-0.4, -0.2) is 30.1 Å². The molecule has 0 spiro atoms. The van der Waals surface area contributed by atoms with Crippen LogP contribution in [0, 0.1) is 5.92 Å². The van der Waals surface area contributed by atoms with Gasteiger partial charge in [0.1, 0.15) is 0 Å². The van der Waals surface area contributed by atoms with Gasteiger partial charge in [0.2, 0.25) is 5.78 Å². The van der Waals surface area contributed by atoms with Gasteiger partial charge < -0.3 is 9.84 Å². The molecule has 1 atom stereocenters. The van der Waals surface area contributed by atoms with E-state index in [1.54, 1.807) is 0 Å². The number of carboxylic acid groups (broad SMARTS) is 1. The Morgan fingerprint density at radius 3 is 2.73 bits per heavy atom. The van der Waals surface area contributed by atoms with E-state index in [-0.39, 0.29) is 12.3 Å². The lowest BCUT2D eigenvalue weighted by Gasteiger charge is -2.01. The first kappa shape index (κ1) is 8.20. The average molecular weight is 158 g/mol. The van der Waals surface area contributed by atoms with E-state index in [1.165, 1.54) is 0 Å². The van der Waals surface area contributed by atoms with E-state index < -0.39 is 11.8 Å². The molecular formula is C7H10O4. The number of carbonyl (C=O) groups excluding carboxylic acids is 1. The van der Waals surface area contributed by atoms with Crippen LogP contribution in [0.25, 0.3) is 0 Å². The van der Waals surface area contributed by atoms with Gasteiger partial charge in [0.25, 0.3) is 0 Å². The zero-order valence-corrected chi connectivity index (χ0v) is 6.08. The van der Waals surface area contributed by atoms with Crippen molar-refractivity contribution < 1.29 is 19.4 Å². The summed E-state index contributed by atoms with van der Waals surface area (Å²) in [6.45, 7) is 1.18. The molecule has 1 fully saturated rings. The van der Waals surface area contributed by atoms with Gasteiger partial charge in [-0.25, -0.2) is 4.79 Å². The van der Waals surface area contributed by atoms with E-state index in [9.17, 15) is 9.59 Å². The number of ether oxygens (including phenoxy) is 1. The molecule has 4 nitrogen and oxygen atoms in total. The zero-order chi connectivity index (χ0) is 8.27. The zero-order valence-electron chi connectivity index (χ0n) is 6.08. The fourth-order valence-electron chi connectivity index (χ4n) is 1.09. The van der Waals surface area contributed by atoms with Crippen molar-refractivity contribution in [3.05, 3.63) is 0 Å². The SMILES string of the molecule is O=C(O)C(=O)CC1CCOC1. The molecule has 62 valence electrons. The van der Waals surface area contributed by atoms with Crippen molar-refractivity contribution in [2.75, 3.05) is 13.2 Å². The van der Waals surface area contributed by atoms with Crippen molar-refractivity contribution in [3.8, 4) is 0 Å². The summed E-state index contributed by atoms with van der Waals surface area (Å²) >= 11 is 0. The lowest BCUT2D eigenvalue weighted by atomic mass is 10.0. The van der Waals surface area contributed by atoms with Crippen LogP contribution in [0.4, 0.5) is 0 Å². The lowest BCUT2D eigenvalue weighted by Crippen LogP contribution is -2.17. The number of hydrogen-bond acceptors (Lipinski definition) is 3. The smallest absolute Gasteiger partial charge is 0.372 e. The Morgan fingerprint density at radius 1 is 1.55 bits per heavy atom. The number of Topliss-reactive ketones (excluding diaryl/α,β-unsaturated/α-hetero) is 1. The van der Waals surface area contributed by atoms with Crippen LogP contribution >= 0.6 is 0 Å². The number of hydrogen-bond donors (Lipinski definition) is 1. The van der Waals surface area contributed by atoms with Gasteiger partial charge >= 0.3 is 5.97 Å². The van der Waals surface area contributed by atoms with Gasteiger partial charge in [0, 0.05) is 19.6 Å². The highest BCUT2D eigenvalue weighted by Gasteiger charge is 2.22. The molecule has 1 N–H and O–H groups in total. The van der Waals surface area contributed by atoms with E-state index in [0.717, 1.165) is 6.42 Å². The summed E-state index contributed by atoms with van der Waals surface area (Å²) in [6.07, 6.45) is 0.925. The van der Waals surface area contributed by atoms with Crippen LogP contribution in [0.2, 0.25) is 0 Å². The monoisotopic (exact) mass is 158 g/mol. The van der Waals surface area contributed by atoms with Gasteiger partial charge in [-0.1, -0.05) is 0 Å². The molecule has 0 aromatic carbocycles. The molecule has 11 heavy (non-hydrogen) atoms. The Hall–Kier alpha value is -0.900. The Labute approximate surface area is 64.2 Å². The minimum atomic E-state index is -1.34. The Bertz CT molecular complexity index is 169. The first-order valence-corrected chi connectivity index (χ1v) is 3.54. The molecule has 1 unspecified atom stereocenters. The van der Waals surface area contributed by atoms with Gasteiger partial charge in [0.05, 0.1) is 0 Å². The molecule has 0 aromatic heterocycles. The standard InChI is InChI=1S/C7H10O4/c8-6(7(9)10)3-5-1-2-11-4-5/h5H,1-4H2,(H,9,10). The fourth-order valence-corrected chi connectivity index (χ4v) is 1.09. The maximum Gasteiger partial charge on any atom is 0.372 e. The van der Waals surface area contributed by atoms with Gasteiger partial charge in [0.15, 0.2) is 0 Å². The number of carboxylic acids is 1. The summed E-state index contributed by atoms with van der Waals surface area (Å²) in [5, 5.41) is 8.25. The van der Waals surface area contributed by atoms with E-state index in [0.29, 0.717) is 13.2 Å². The number of ketones is 1. The van der Waals surface area contributed by atoms with Crippen molar-refractivity contribution in [1.82, 2.24) is 0 Å². The van der Waals surface area contributed by atoms with Crippen LogP contribution in [-0.2, 0) is 14.3 Å². The molecule has 1 saturated heterocycles. The quantitative estimate of drug-likeness (QED) is 0.590. The lowest BCUT2D eigenvalue weighted by molar-refractivity contribution is -0.149. The van der Waals surface area contributed by atoms with E-state index in [1.807, 2.05) is 0 Å². The average Bonchev–Trinajstić information content (AvgIpc) is 2.39. The van der Waals surface area contributed by atoms with Gasteiger partial charge in [-0.2, -0.15) is 0 Å². The summed E-state index contributed by atoms with van der Waals surface area (Å²) in [4.78, 5) is 20.7. The molecule has 1 rings (SSSR count). The molecule has 1 aliphatic heterocycles. The second kappa shape index (κ2) is 3.48. The van der Waals surface area contributed by atoms with Crippen LogP contribution in [0.15, 0.2) is 0 Å². The van der Waals surface area contributed by atoms with E-state index in [2.05, 4.69) is 0 Å². The van der Waals surface area contributed by atoms with Crippen molar-refractivity contribution in [2.24, 2.45) is 5.92 Å². The molecule has 1 heterocycles. The number of rotatable bonds is 3. The summed E-state index contributed by atoms with van der Waals surface area (Å²) in [5.74, 6) is -1.92. The highest BCUT2D eigenvalue weighted by molar-refractivity contribution is 6.32. The fraction of sp³-hybridized carbons (Fsp3) is 0.714. The number of carbonyl (C=O) groups is 2. The molecule has 0 aromatic rings. The molecular weight excluding hydrogens is 148 g/mol. The van der Waals surface area contributed by atoms with Crippen molar-refractivity contribution in [1.29, 1.82) is 0 Å². The molecule has 1 aliphatic rings. The third kappa shape index (κ3) is 2.31. The summed E-state index contributed by atoms with van der Waals surface area (Å²) in [7, 11) is 0.